The lowest BCUT2D eigenvalue weighted by atomic mass is 10.1. The Kier molecular flexibility index (Phi) is 5.72. The van der Waals surface area contributed by atoms with Crippen molar-refractivity contribution in [1.82, 2.24) is 5.32 Å². The average molecular weight is 404 g/mol. The van der Waals surface area contributed by atoms with Crippen molar-refractivity contribution in [2.24, 2.45) is 0 Å². The number of thiophene rings is 1. The van der Waals surface area contributed by atoms with Gasteiger partial charge in [-0.05, 0) is 48.2 Å². The number of amides is 1. The fraction of sp³-hybridized carbons (Fsp3) is 0.150. The van der Waals surface area contributed by atoms with E-state index in [0.717, 1.165) is 16.9 Å². The Morgan fingerprint density at radius 2 is 1.85 bits per heavy atom. The van der Waals surface area contributed by atoms with Gasteiger partial charge >= 0.3 is 0 Å². The van der Waals surface area contributed by atoms with E-state index >= 15 is 0 Å². The first kappa shape index (κ1) is 19.3. The van der Waals surface area contributed by atoms with Crippen molar-refractivity contribution in [2.45, 2.75) is 16.4 Å². The van der Waals surface area contributed by atoms with Crippen molar-refractivity contribution in [3.63, 3.8) is 0 Å². The van der Waals surface area contributed by atoms with Crippen molar-refractivity contribution in [3.8, 4) is 0 Å². The van der Waals surface area contributed by atoms with Crippen LogP contribution in [0.2, 0.25) is 0 Å². The summed E-state index contributed by atoms with van der Waals surface area (Å²) in [5.41, 5.74) is 1.82. The second-order valence-electron chi connectivity index (χ2n) is 6.10. The zero-order valence-corrected chi connectivity index (χ0v) is 16.2. The van der Waals surface area contributed by atoms with Crippen LogP contribution in [0.15, 0.2) is 70.3 Å². The Bertz CT molecular complexity index is 1030. The van der Waals surface area contributed by atoms with E-state index in [1.807, 2.05) is 13.0 Å². The number of aryl methyl sites for hydroxylation is 1. The molecule has 0 radical (unpaired) electrons. The number of rotatable bonds is 6. The van der Waals surface area contributed by atoms with Gasteiger partial charge in [-0.15, -0.1) is 11.3 Å². The predicted molar refractivity (Wildman–Crippen MR) is 104 cm³/mol. The second-order valence-corrected chi connectivity index (χ2v) is 9.40. The molecule has 3 aromatic rings. The maximum absolute atomic E-state index is 13.3. The smallest absolute Gasteiger partial charge is 0.251 e. The topological polar surface area (TPSA) is 63.2 Å². The highest BCUT2D eigenvalue weighted by atomic mass is 32.2. The van der Waals surface area contributed by atoms with Gasteiger partial charge in [-0.1, -0.05) is 35.9 Å². The number of benzene rings is 2. The van der Waals surface area contributed by atoms with Crippen LogP contribution in [0.4, 0.5) is 4.39 Å². The maximum atomic E-state index is 13.3. The number of carbonyl (C=O) groups excluding carboxylic acids is 1. The number of sulfone groups is 1. The maximum Gasteiger partial charge on any atom is 0.251 e. The van der Waals surface area contributed by atoms with Crippen molar-refractivity contribution in [2.75, 3.05) is 6.54 Å². The molecule has 0 saturated carbocycles. The van der Waals surface area contributed by atoms with E-state index < -0.39 is 20.9 Å². The summed E-state index contributed by atoms with van der Waals surface area (Å²) in [5, 5.41) is 3.37. The SMILES string of the molecule is Cc1cccc(C(=O)NC[C@@H](c2ccc(F)cc2)S(=O)(=O)c2cccs2)c1. The molecule has 27 heavy (non-hydrogen) atoms. The van der Waals surface area contributed by atoms with Gasteiger partial charge in [-0.3, -0.25) is 4.79 Å². The molecule has 140 valence electrons. The van der Waals surface area contributed by atoms with Crippen LogP contribution in [0, 0.1) is 12.7 Å². The van der Waals surface area contributed by atoms with Crippen molar-refractivity contribution < 1.29 is 17.6 Å². The van der Waals surface area contributed by atoms with E-state index in [1.165, 1.54) is 30.3 Å². The highest BCUT2D eigenvalue weighted by Gasteiger charge is 2.30. The summed E-state index contributed by atoms with van der Waals surface area (Å²) in [7, 11) is -3.73. The summed E-state index contributed by atoms with van der Waals surface area (Å²) in [5.74, 6) is -0.804. The quantitative estimate of drug-likeness (QED) is 0.673. The lowest BCUT2D eigenvalue weighted by Crippen LogP contribution is -2.31. The van der Waals surface area contributed by atoms with Crippen molar-refractivity contribution in [3.05, 3.63) is 88.6 Å². The minimum absolute atomic E-state index is 0.112. The Balaban J connectivity index is 1.88. The average Bonchev–Trinajstić information content (AvgIpc) is 3.18. The third-order valence-electron chi connectivity index (χ3n) is 4.12. The molecule has 4 nitrogen and oxygen atoms in total. The van der Waals surface area contributed by atoms with Gasteiger partial charge in [0.2, 0.25) is 0 Å². The summed E-state index contributed by atoms with van der Waals surface area (Å²) in [4.78, 5) is 12.4. The largest absolute Gasteiger partial charge is 0.350 e. The van der Waals surface area contributed by atoms with E-state index in [1.54, 1.807) is 29.6 Å². The van der Waals surface area contributed by atoms with Gasteiger partial charge in [0, 0.05) is 12.1 Å². The van der Waals surface area contributed by atoms with Crippen LogP contribution in [-0.4, -0.2) is 20.9 Å². The lowest BCUT2D eigenvalue weighted by molar-refractivity contribution is 0.0953. The molecule has 2 aromatic carbocycles. The van der Waals surface area contributed by atoms with E-state index in [9.17, 15) is 17.6 Å². The van der Waals surface area contributed by atoms with Gasteiger partial charge in [-0.25, -0.2) is 12.8 Å². The van der Waals surface area contributed by atoms with Crippen LogP contribution in [0.3, 0.4) is 0 Å². The minimum atomic E-state index is -3.73. The fourth-order valence-electron chi connectivity index (χ4n) is 2.72. The highest BCUT2D eigenvalue weighted by Crippen LogP contribution is 2.31. The van der Waals surface area contributed by atoms with Gasteiger partial charge in [0.1, 0.15) is 15.3 Å². The normalized spacial score (nSPS) is 12.5. The van der Waals surface area contributed by atoms with Gasteiger partial charge < -0.3 is 5.32 Å². The summed E-state index contributed by atoms with van der Waals surface area (Å²) >= 11 is 1.11. The molecule has 3 rings (SSSR count). The Labute approximate surface area is 161 Å². The molecular formula is C20H18FNO3S2. The molecule has 0 saturated heterocycles. The first-order valence-corrected chi connectivity index (χ1v) is 10.7. The predicted octanol–water partition coefficient (Wildman–Crippen LogP) is 4.14. The van der Waals surface area contributed by atoms with Gasteiger partial charge in [0.25, 0.3) is 5.91 Å². The van der Waals surface area contributed by atoms with Crippen LogP contribution in [-0.2, 0) is 9.84 Å². The molecule has 0 aliphatic heterocycles. The molecule has 0 spiro atoms. The number of hydrogen-bond donors (Lipinski definition) is 1. The molecule has 0 aliphatic carbocycles. The summed E-state index contributed by atoms with van der Waals surface area (Å²) in [6.45, 7) is 1.76. The first-order valence-electron chi connectivity index (χ1n) is 8.25. The first-order chi connectivity index (χ1) is 12.9. The van der Waals surface area contributed by atoms with Crippen LogP contribution < -0.4 is 5.32 Å². The minimum Gasteiger partial charge on any atom is -0.350 e. The Morgan fingerprint density at radius 3 is 2.48 bits per heavy atom. The number of nitrogens with one attached hydrogen (secondary N) is 1. The number of halogens is 1. The van der Waals surface area contributed by atoms with Gasteiger partial charge in [0.15, 0.2) is 9.84 Å². The summed E-state index contributed by atoms with van der Waals surface area (Å²) in [6.07, 6.45) is 0. The summed E-state index contributed by atoms with van der Waals surface area (Å²) in [6, 6.07) is 15.5. The second kappa shape index (κ2) is 8.02. The molecule has 1 N–H and O–H groups in total. The molecule has 1 aromatic heterocycles. The standard InChI is InChI=1S/C20H18FNO3S2/c1-14-4-2-5-16(12-14)20(23)22-13-18(15-7-9-17(21)10-8-15)27(24,25)19-6-3-11-26-19/h2-12,18H,13H2,1H3,(H,22,23)/t18-/m0/s1. The van der Waals surface area contributed by atoms with Crippen LogP contribution in [0.1, 0.15) is 26.7 Å². The summed E-state index contributed by atoms with van der Waals surface area (Å²) < 4.78 is 39.6. The zero-order valence-electron chi connectivity index (χ0n) is 14.6. The Hall–Kier alpha value is -2.51. The molecule has 1 amide bonds. The molecule has 0 aliphatic rings. The fourth-order valence-corrected chi connectivity index (χ4v) is 5.59. The highest BCUT2D eigenvalue weighted by molar-refractivity contribution is 7.93. The van der Waals surface area contributed by atoms with Crippen LogP contribution in [0.5, 0.6) is 0 Å². The molecule has 0 unspecified atom stereocenters. The van der Waals surface area contributed by atoms with E-state index in [2.05, 4.69) is 5.32 Å². The Morgan fingerprint density at radius 1 is 1.11 bits per heavy atom. The molecule has 1 atom stereocenters. The monoisotopic (exact) mass is 403 g/mol. The third kappa shape index (κ3) is 4.43. The van der Waals surface area contributed by atoms with Crippen LogP contribution in [0.25, 0.3) is 0 Å². The van der Waals surface area contributed by atoms with Crippen molar-refractivity contribution in [1.29, 1.82) is 0 Å². The molecule has 1 heterocycles. The zero-order chi connectivity index (χ0) is 19.4. The lowest BCUT2D eigenvalue weighted by Gasteiger charge is -2.18. The van der Waals surface area contributed by atoms with E-state index in [4.69, 9.17) is 0 Å². The third-order valence-corrected chi connectivity index (χ3v) is 7.65. The van der Waals surface area contributed by atoms with Crippen molar-refractivity contribution >= 4 is 27.1 Å². The van der Waals surface area contributed by atoms with Crippen LogP contribution >= 0.6 is 11.3 Å². The molecule has 0 bridgehead atoms. The van der Waals surface area contributed by atoms with E-state index in [-0.39, 0.29) is 16.7 Å². The van der Waals surface area contributed by atoms with Gasteiger partial charge in [0.05, 0.1) is 0 Å². The molecular weight excluding hydrogens is 385 g/mol. The number of hydrogen-bond acceptors (Lipinski definition) is 4. The van der Waals surface area contributed by atoms with Gasteiger partial charge in [-0.2, -0.15) is 0 Å². The molecule has 0 fully saturated rings. The van der Waals surface area contributed by atoms with E-state index in [0.29, 0.717) is 11.1 Å². The number of carbonyl (C=O) groups is 1. The molecule has 7 heteroatoms.